The number of carbonyl (C=O) groups is 1. The molecule has 2 heterocycles. The van der Waals surface area contributed by atoms with Gasteiger partial charge in [0.15, 0.2) is 0 Å². The van der Waals surface area contributed by atoms with E-state index < -0.39 is 0 Å². The van der Waals surface area contributed by atoms with Crippen LogP contribution in [-0.4, -0.2) is 42.5 Å². The van der Waals surface area contributed by atoms with Gasteiger partial charge in [-0.15, -0.1) is 10.2 Å². The van der Waals surface area contributed by atoms with E-state index in [9.17, 15) is 4.79 Å². The van der Waals surface area contributed by atoms with Gasteiger partial charge in [-0.2, -0.15) is 9.90 Å². The van der Waals surface area contributed by atoms with E-state index in [1.165, 1.54) is 4.80 Å². The third-order valence-electron chi connectivity index (χ3n) is 4.31. The topological polar surface area (TPSA) is 99.8 Å². The lowest BCUT2D eigenvalue weighted by atomic mass is 10.1. The Hall–Kier alpha value is -4.01. The number of hydrogen-bond acceptors (Lipinski definition) is 6. The van der Waals surface area contributed by atoms with Crippen molar-refractivity contribution in [3.8, 4) is 17.1 Å². The second-order valence-corrected chi connectivity index (χ2v) is 6.70. The van der Waals surface area contributed by atoms with Gasteiger partial charge in [0.05, 0.1) is 6.54 Å². The van der Waals surface area contributed by atoms with Crippen LogP contribution in [0.1, 0.15) is 5.56 Å². The van der Waals surface area contributed by atoms with Crippen LogP contribution in [0.4, 0.5) is 5.69 Å². The lowest BCUT2D eigenvalue weighted by Crippen LogP contribution is -2.20. The number of aromatic nitrogens is 6. The lowest BCUT2D eigenvalue weighted by molar-refractivity contribution is -0.117. The second kappa shape index (κ2) is 8.99. The highest BCUT2D eigenvalue weighted by Crippen LogP contribution is 2.18. The average molecular weight is 403 g/mol. The number of rotatable bonds is 8. The Balaban J connectivity index is 1.31. The van der Waals surface area contributed by atoms with Gasteiger partial charge in [-0.25, -0.2) is 0 Å². The zero-order valence-electron chi connectivity index (χ0n) is 16.5. The monoisotopic (exact) mass is 403 g/mol. The van der Waals surface area contributed by atoms with Crippen LogP contribution in [0, 0.1) is 6.92 Å². The van der Waals surface area contributed by atoms with Crippen LogP contribution in [-0.2, 0) is 17.9 Å². The smallest absolute Gasteiger partial charge is 0.248 e. The van der Waals surface area contributed by atoms with Crippen LogP contribution >= 0.6 is 0 Å². The van der Waals surface area contributed by atoms with Crippen LogP contribution in [0.15, 0.2) is 67.0 Å². The van der Waals surface area contributed by atoms with Gasteiger partial charge in [0.25, 0.3) is 0 Å². The minimum absolute atomic E-state index is 0.0384. The molecule has 1 N–H and O–H groups in total. The van der Waals surface area contributed by atoms with Crippen LogP contribution in [0.2, 0.25) is 0 Å². The van der Waals surface area contributed by atoms with Crippen LogP contribution in [0.25, 0.3) is 11.4 Å². The van der Waals surface area contributed by atoms with E-state index >= 15 is 0 Å². The largest absolute Gasteiger partial charge is 0.492 e. The first-order chi connectivity index (χ1) is 14.7. The van der Waals surface area contributed by atoms with Gasteiger partial charge >= 0.3 is 0 Å². The Bertz CT molecular complexity index is 1100. The quantitative estimate of drug-likeness (QED) is 0.485. The second-order valence-electron chi connectivity index (χ2n) is 6.70. The number of aryl methyl sites for hydroxylation is 1. The standard InChI is InChI=1S/C21H21N7O2/c1-16-6-8-17(9-7-16)21-24-26-28(25-21)15-20(29)23-18-4-2-5-19(14-18)30-13-12-27-11-3-10-22-27/h2-11,14H,12-13,15H2,1H3,(H,23,29). The molecule has 0 aliphatic rings. The molecule has 0 aliphatic carbocycles. The third kappa shape index (κ3) is 5.07. The van der Waals surface area contributed by atoms with E-state index in [2.05, 4.69) is 25.8 Å². The van der Waals surface area contributed by atoms with Gasteiger partial charge in [0.2, 0.25) is 11.7 Å². The summed E-state index contributed by atoms with van der Waals surface area (Å²) >= 11 is 0. The molecule has 4 rings (SSSR count). The zero-order valence-corrected chi connectivity index (χ0v) is 16.5. The normalized spacial score (nSPS) is 10.7. The van der Waals surface area contributed by atoms with Crippen molar-refractivity contribution in [3.05, 3.63) is 72.6 Å². The van der Waals surface area contributed by atoms with E-state index in [-0.39, 0.29) is 12.5 Å². The Morgan fingerprint density at radius 1 is 1.13 bits per heavy atom. The van der Waals surface area contributed by atoms with Crippen molar-refractivity contribution in [3.63, 3.8) is 0 Å². The number of carbonyl (C=O) groups excluding carboxylic acids is 1. The minimum Gasteiger partial charge on any atom is -0.492 e. The summed E-state index contributed by atoms with van der Waals surface area (Å²) in [5, 5.41) is 19.2. The maximum atomic E-state index is 12.4. The number of benzene rings is 2. The highest BCUT2D eigenvalue weighted by atomic mass is 16.5. The van der Waals surface area contributed by atoms with Crippen LogP contribution in [0.3, 0.4) is 0 Å². The number of anilines is 1. The summed E-state index contributed by atoms with van der Waals surface area (Å²) in [6, 6.07) is 16.9. The molecule has 0 fully saturated rings. The van der Waals surface area contributed by atoms with Gasteiger partial charge in [-0.1, -0.05) is 35.9 Å². The molecule has 9 heteroatoms. The third-order valence-corrected chi connectivity index (χ3v) is 4.31. The Kier molecular flexibility index (Phi) is 5.79. The summed E-state index contributed by atoms with van der Waals surface area (Å²) < 4.78 is 7.52. The summed E-state index contributed by atoms with van der Waals surface area (Å²) in [6.45, 7) is 3.09. The number of tetrazole rings is 1. The summed E-state index contributed by atoms with van der Waals surface area (Å²) in [5.41, 5.74) is 2.64. The van der Waals surface area contributed by atoms with Crippen molar-refractivity contribution in [1.29, 1.82) is 0 Å². The van der Waals surface area contributed by atoms with Gasteiger partial charge < -0.3 is 10.1 Å². The van der Waals surface area contributed by atoms with E-state index in [1.54, 1.807) is 23.0 Å². The lowest BCUT2D eigenvalue weighted by Gasteiger charge is -2.09. The molecule has 0 saturated carbocycles. The predicted molar refractivity (Wildman–Crippen MR) is 111 cm³/mol. The first kappa shape index (κ1) is 19.3. The molecule has 4 aromatic rings. The molecule has 0 spiro atoms. The first-order valence-electron chi connectivity index (χ1n) is 9.51. The highest BCUT2D eigenvalue weighted by molar-refractivity contribution is 5.90. The van der Waals surface area contributed by atoms with Crippen molar-refractivity contribution in [2.75, 3.05) is 11.9 Å². The predicted octanol–water partition coefficient (Wildman–Crippen LogP) is 2.56. The van der Waals surface area contributed by atoms with Gasteiger partial charge in [0.1, 0.15) is 18.9 Å². The molecule has 9 nitrogen and oxygen atoms in total. The van der Waals surface area contributed by atoms with E-state index in [4.69, 9.17) is 4.74 Å². The molecule has 152 valence electrons. The van der Waals surface area contributed by atoms with Gasteiger partial charge in [-0.3, -0.25) is 9.48 Å². The Morgan fingerprint density at radius 2 is 2.00 bits per heavy atom. The van der Waals surface area contributed by atoms with E-state index in [0.717, 1.165) is 11.1 Å². The summed E-state index contributed by atoms with van der Waals surface area (Å²) in [5.74, 6) is 0.896. The van der Waals surface area contributed by atoms with Gasteiger partial charge in [0, 0.05) is 29.7 Å². The van der Waals surface area contributed by atoms with Crippen molar-refractivity contribution in [2.24, 2.45) is 0 Å². The maximum absolute atomic E-state index is 12.4. The Labute approximate surface area is 173 Å². The highest BCUT2D eigenvalue weighted by Gasteiger charge is 2.10. The number of nitrogens with zero attached hydrogens (tertiary/aromatic N) is 6. The maximum Gasteiger partial charge on any atom is 0.248 e. The van der Waals surface area contributed by atoms with Crippen molar-refractivity contribution in [2.45, 2.75) is 20.0 Å². The molecule has 30 heavy (non-hydrogen) atoms. The molecule has 0 aliphatic heterocycles. The van der Waals surface area contributed by atoms with Crippen LogP contribution < -0.4 is 10.1 Å². The Morgan fingerprint density at radius 3 is 2.80 bits per heavy atom. The molecular weight excluding hydrogens is 382 g/mol. The summed E-state index contributed by atoms with van der Waals surface area (Å²) in [7, 11) is 0. The van der Waals surface area contributed by atoms with Crippen molar-refractivity contribution in [1.82, 2.24) is 30.0 Å². The van der Waals surface area contributed by atoms with Crippen molar-refractivity contribution < 1.29 is 9.53 Å². The zero-order chi connectivity index (χ0) is 20.8. The molecule has 2 aromatic heterocycles. The molecule has 0 unspecified atom stereocenters. The average Bonchev–Trinajstić information content (AvgIpc) is 3.41. The molecule has 0 radical (unpaired) electrons. The number of nitrogens with one attached hydrogen (secondary N) is 1. The molecule has 0 atom stereocenters. The molecule has 2 aromatic carbocycles. The fourth-order valence-corrected chi connectivity index (χ4v) is 2.81. The number of ether oxygens (including phenoxy) is 1. The van der Waals surface area contributed by atoms with Crippen LogP contribution in [0.5, 0.6) is 5.75 Å². The SMILES string of the molecule is Cc1ccc(-c2nnn(CC(=O)Nc3cccc(OCCn4cccn4)c3)n2)cc1. The summed E-state index contributed by atoms with van der Waals surface area (Å²) in [4.78, 5) is 13.6. The molecule has 0 bridgehead atoms. The fourth-order valence-electron chi connectivity index (χ4n) is 2.81. The minimum atomic E-state index is -0.253. The first-order valence-corrected chi connectivity index (χ1v) is 9.51. The molecule has 0 saturated heterocycles. The van der Waals surface area contributed by atoms with Crippen molar-refractivity contribution >= 4 is 11.6 Å². The summed E-state index contributed by atoms with van der Waals surface area (Å²) in [6.07, 6.45) is 3.60. The number of amides is 1. The van der Waals surface area contributed by atoms with E-state index in [0.29, 0.717) is 30.4 Å². The number of hydrogen-bond donors (Lipinski definition) is 1. The molecule has 1 amide bonds. The molecular formula is C21H21N7O2. The van der Waals surface area contributed by atoms with Gasteiger partial charge in [-0.05, 0) is 30.3 Å². The fraction of sp³-hybridized carbons (Fsp3) is 0.190. The van der Waals surface area contributed by atoms with E-state index in [1.807, 2.05) is 55.6 Å².